The van der Waals surface area contributed by atoms with Crippen LogP contribution in [0.25, 0.3) is 0 Å². The van der Waals surface area contributed by atoms with E-state index in [-0.39, 0.29) is 12.0 Å². The minimum Gasteiger partial charge on any atom is -0.491 e. The zero-order valence-corrected chi connectivity index (χ0v) is 16.9. The lowest BCUT2D eigenvalue weighted by molar-refractivity contribution is 0.102. The summed E-state index contributed by atoms with van der Waals surface area (Å²) in [6.07, 6.45) is 4.51. The van der Waals surface area contributed by atoms with Gasteiger partial charge < -0.3 is 15.0 Å². The van der Waals surface area contributed by atoms with E-state index in [0.29, 0.717) is 11.6 Å². The van der Waals surface area contributed by atoms with Crippen LogP contribution in [-0.2, 0) is 6.42 Å². The van der Waals surface area contributed by atoms with Crippen molar-refractivity contribution in [3.63, 3.8) is 0 Å². The highest BCUT2D eigenvalue weighted by Gasteiger charge is 2.27. The van der Waals surface area contributed by atoms with Gasteiger partial charge in [0.1, 0.15) is 5.75 Å². The van der Waals surface area contributed by atoms with Gasteiger partial charge in [-0.1, -0.05) is 18.2 Å². The van der Waals surface area contributed by atoms with Crippen LogP contribution in [0.2, 0.25) is 0 Å². The lowest BCUT2D eigenvalue weighted by Gasteiger charge is -2.25. The van der Waals surface area contributed by atoms with Crippen molar-refractivity contribution >= 4 is 23.0 Å². The maximum atomic E-state index is 12.8. The number of nitrogens with one attached hydrogen (secondary N) is 1. The molecule has 1 aliphatic heterocycles. The summed E-state index contributed by atoms with van der Waals surface area (Å²) in [5.74, 6) is 0.598. The van der Waals surface area contributed by atoms with Crippen molar-refractivity contribution in [3.05, 3.63) is 78.1 Å². The Morgan fingerprint density at radius 2 is 1.90 bits per heavy atom. The number of carbonyl (C=O) groups excluding carboxylic acids is 1. The van der Waals surface area contributed by atoms with Gasteiger partial charge in [-0.15, -0.1) is 0 Å². The molecule has 1 unspecified atom stereocenters. The number of nitrogens with zero attached hydrogens (tertiary/aromatic N) is 2. The summed E-state index contributed by atoms with van der Waals surface area (Å²) in [6, 6.07) is 18.0. The lowest BCUT2D eigenvalue weighted by atomic mass is 10.1. The molecule has 0 radical (unpaired) electrons. The van der Waals surface area contributed by atoms with E-state index in [2.05, 4.69) is 40.3 Å². The molecule has 0 bridgehead atoms. The Balaban J connectivity index is 1.52. The average Bonchev–Trinajstić information content (AvgIpc) is 3.05. The van der Waals surface area contributed by atoms with Gasteiger partial charge in [0, 0.05) is 23.6 Å². The number of anilines is 3. The predicted molar refractivity (Wildman–Crippen MR) is 116 cm³/mol. The second kappa shape index (κ2) is 7.95. The Morgan fingerprint density at radius 3 is 2.66 bits per heavy atom. The molecule has 0 aliphatic carbocycles. The van der Waals surface area contributed by atoms with E-state index in [4.69, 9.17) is 4.74 Å². The van der Waals surface area contributed by atoms with Crippen LogP contribution in [0.4, 0.5) is 17.1 Å². The summed E-state index contributed by atoms with van der Waals surface area (Å²) in [4.78, 5) is 19.3. The molecule has 5 nitrogen and oxygen atoms in total. The Labute approximate surface area is 171 Å². The van der Waals surface area contributed by atoms with Gasteiger partial charge in [-0.2, -0.15) is 0 Å². The standard InChI is InChI=1S/C24H25N3O2/c1-16(2)29-22-10-8-20(9-11-22)26-24(28)19-13-21(15-25-14-19)27-17(3)12-18-6-4-5-7-23(18)27/h4-11,13-17H,12H2,1-3H3,(H,26,28). The molecule has 0 saturated carbocycles. The molecule has 29 heavy (non-hydrogen) atoms. The minimum absolute atomic E-state index is 0.113. The van der Waals surface area contributed by atoms with E-state index in [1.807, 2.05) is 56.4 Å². The molecular formula is C24H25N3O2. The normalized spacial score (nSPS) is 15.3. The maximum absolute atomic E-state index is 12.8. The third-order valence-corrected chi connectivity index (χ3v) is 4.96. The van der Waals surface area contributed by atoms with Gasteiger partial charge in [0.2, 0.25) is 0 Å². The minimum atomic E-state index is -0.183. The van der Waals surface area contributed by atoms with Crippen molar-refractivity contribution in [2.75, 3.05) is 10.2 Å². The number of hydrogen-bond donors (Lipinski definition) is 1. The molecule has 4 rings (SSSR count). The van der Waals surface area contributed by atoms with Gasteiger partial charge in [-0.25, -0.2) is 0 Å². The molecule has 5 heteroatoms. The molecule has 0 saturated heterocycles. The summed E-state index contributed by atoms with van der Waals surface area (Å²) in [6.45, 7) is 6.15. The fourth-order valence-corrected chi connectivity index (χ4v) is 3.73. The van der Waals surface area contributed by atoms with E-state index in [0.717, 1.165) is 23.5 Å². The van der Waals surface area contributed by atoms with Crippen molar-refractivity contribution in [1.29, 1.82) is 0 Å². The Hall–Kier alpha value is -3.34. The average molecular weight is 387 g/mol. The number of fused-ring (bicyclic) bond motifs is 1. The van der Waals surface area contributed by atoms with Gasteiger partial charge in [0.05, 0.1) is 23.6 Å². The highest BCUT2D eigenvalue weighted by molar-refractivity contribution is 6.04. The quantitative estimate of drug-likeness (QED) is 0.653. The van der Waals surface area contributed by atoms with Gasteiger partial charge in [0.15, 0.2) is 0 Å². The zero-order valence-electron chi connectivity index (χ0n) is 16.9. The first-order valence-corrected chi connectivity index (χ1v) is 9.91. The third kappa shape index (κ3) is 4.09. The van der Waals surface area contributed by atoms with Crippen molar-refractivity contribution in [3.8, 4) is 5.75 Å². The number of para-hydroxylation sites is 1. The largest absolute Gasteiger partial charge is 0.491 e. The van der Waals surface area contributed by atoms with Gasteiger partial charge in [0.25, 0.3) is 5.91 Å². The van der Waals surface area contributed by atoms with Crippen molar-refractivity contribution < 1.29 is 9.53 Å². The van der Waals surface area contributed by atoms with E-state index >= 15 is 0 Å². The van der Waals surface area contributed by atoms with Crippen LogP contribution in [0.3, 0.4) is 0 Å². The lowest BCUT2D eigenvalue weighted by Crippen LogP contribution is -2.24. The van der Waals surface area contributed by atoms with Crippen LogP contribution in [0.15, 0.2) is 67.0 Å². The number of carbonyl (C=O) groups is 1. The van der Waals surface area contributed by atoms with Gasteiger partial charge >= 0.3 is 0 Å². The first kappa shape index (κ1) is 19.0. The SMILES string of the molecule is CC(C)Oc1ccc(NC(=O)c2cncc(N3c4ccccc4CC3C)c2)cc1. The van der Waals surface area contributed by atoms with Crippen LogP contribution in [-0.4, -0.2) is 23.0 Å². The number of rotatable bonds is 5. The van der Waals surface area contributed by atoms with E-state index in [1.54, 1.807) is 6.20 Å². The monoisotopic (exact) mass is 387 g/mol. The molecule has 1 aromatic heterocycles. The number of amides is 1. The Kier molecular flexibility index (Phi) is 5.21. The summed E-state index contributed by atoms with van der Waals surface area (Å²) >= 11 is 0. The first-order valence-electron chi connectivity index (χ1n) is 9.91. The highest BCUT2D eigenvalue weighted by atomic mass is 16.5. The van der Waals surface area contributed by atoms with Crippen LogP contribution in [0.5, 0.6) is 5.75 Å². The third-order valence-electron chi connectivity index (χ3n) is 4.96. The molecule has 3 aromatic rings. The van der Waals surface area contributed by atoms with Crippen LogP contribution < -0.4 is 15.0 Å². The molecule has 2 aromatic carbocycles. The van der Waals surface area contributed by atoms with E-state index in [1.165, 1.54) is 11.3 Å². The van der Waals surface area contributed by atoms with Crippen molar-refractivity contribution in [2.24, 2.45) is 0 Å². The molecular weight excluding hydrogens is 362 g/mol. The van der Waals surface area contributed by atoms with E-state index in [9.17, 15) is 4.79 Å². The smallest absolute Gasteiger partial charge is 0.257 e. The summed E-state index contributed by atoms with van der Waals surface area (Å²) in [7, 11) is 0. The van der Waals surface area contributed by atoms with Crippen LogP contribution >= 0.6 is 0 Å². The van der Waals surface area contributed by atoms with Crippen LogP contribution in [0, 0.1) is 0 Å². The predicted octanol–water partition coefficient (Wildman–Crippen LogP) is 5.20. The molecule has 1 atom stereocenters. The summed E-state index contributed by atoms with van der Waals surface area (Å²) < 4.78 is 5.64. The fourth-order valence-electron chi connectivity index (χ4n) is 3.73. The molecule has 0 fully saturated rings. The van der Waals surface area contributed by atoms with Crippen molar-refractivity contribution in [2.45, 2.75) is 39.3 Å². The van der Waals surface area contributed by atoms with Gasteiger partial charge in [-0.3, -0.25) is 9.78 Å². The number of aromatic nitrogens is 1. The number of hydrogen-bond acceptors (Lipinski definition) is 4. The molecule has 2 heterocycles. The maximum Gasteiger partial charge on any atom is 0.257 e. The Bertz CT molecular complexity index is 1010. The zero-order chi connectivity index (χ0) is 20.4. The number of pyridine rings is 1. The molecule has 1 amide bonds. The first-order chi connectivity index (χ1) is 14.0. The fraction of sp³-hybridized carbons (Fsp3) is 0.250. The van der Waals surface area contributed by atoms with Gasteiger partial charge in [-0.05, 0) is 69.2 Å². The van der Waals surface area contributed by atoms with Crippen LogP contribution in [0.1, 0.15) is 36.7 Å². The topological polar surface area (TPSA) is 54.5 Å². The molecule has 1 N–H and O–H groups in total. The Morgan fingerprint density at radius 1 is 1.14 bits per heavy atom. The van der Waals surface area contributed by atoms with Crippen molar-refractivity contribution in [1.82, 2.24) is 4.98 Å². The summed E-state index contributed by atoms with van der Waals surface area (Å²) in [5, 5.41) is 2.93. The molecule has 0 spiro atoms. The molecule has 1 aliphatic rings. The number of benzene rings is 2. The second-order valence-electron chi connectivity index (χ2n) is 7.63. The molecule has 148 valence electrons. The number of ether oxygens (including phenoxy) is 1. The summed E-state index contributed by atoms with van der Waals surface area (Å²) in [5.41, 5.74) is 4.67. The highest BCUT2D eigenvalue weighted by Crippen LogP contribution is 2.37. The second-order valence-corrected chi connectivity index (χ2v) is 7.63. The van der Waals surface area contributed by atoms with E-state index < -0.39 is 0 Å².